The van der Waals surface area contributed by atoms with Crippen molar-refractivity contribution in [2.45, 2.75) is 38.9 Å². The van der Waals surface area contributed by atoms with Crippen molar-refractivity contribution >= 4 is 17.5 Å². The van der Waals surface area contributed by atoms with Gasteiger partial charge in [-0.15, -0.1) is 0 Å². The lowest BCUT2D eigenvalue weighted by Gasteiger charge is -2.24. The summed E-state index contributed by atoms with van der Waals surface area (Å²) in [7, 11) is 0. The molecule has 0 saturated heterocycles. The number of amides is 1. The zero-order chi connectivity index (χ0) is 23.0. The van der Waals surface area contributed by atoms with E-state index in [9.17, 15) is 27.9 Å². The molecule has 1 aromatic carbocycles. The maximum Gasteiger partial charge on any atom is 0.416 e. The molecular weight excluding hydrogens is 423 g/mol. The van der Waals surface area contributed by atoms with Gasteiger partial charge in [-0.25, -0.2) is 4.98 Å². The van der Waals surface area contributed by atoms with Crippen molar-refractivity contribution in [3.8, 4) is 11.1 Å². The van der Waals surface area contributed by atoms with Crippen molar-refractivity contribution in [2.75, 3.05) is 6.54 Å². The number of hydrogen-bond acceptors (Lipinski definition) is 3. The predicted molar refractivity (Wildman–Crippen MR) is 111 cm³/mol. The van der Waals surface area contributed by atoms with Crippen molar-refractivity contribution in [3.05, 3.63) is 59.5 Å². The molecule has 3 aromatic rings. The lowest BCUT2D eigenvalue weighted by atomic mass is 9.96. The highest BCUT2D eigenvalue weighted by molar-refractivity contribution is 5.83. The predicted octanol–water partition coefficient (Wildman–Crippen LogP) is 4.41. The number of alkyl halides is 3. The van der Waals surface area contributed by atoms with E-state index >= 15 is 0 Å². The molecule has 1 aliphatic rings. The van der Waals surface area contributed by atoms with Crippen LogP contribution < -0.4 is 0 Å². The zero-order valence-electron chi connectivity index (χ0n) is 17.4. The van der Waals surface area contributed by atoms with E-state index in [1.165, 1.54) is 6.07 Å². The van der Waals surface area contributed by atoms with Crippen molar-refractivity contribution in [1.82, 2.24) is 14.3 Å². The second kappa shape index (κ2) is 8.29. The fourth-order valence-electron chi connectivity index (χ4n) is 3.86. The number of rotatable bonds is 7. The molecule has 6 nitrogen and oxygen atoms in total. The van der Waals surface area contributed by atoms with E-state index in [4.69, 9.17) is 0 Å². The molecule has 1 amide bonds. The van der Waals surface area contributed by atoms with Crippen molar-refractivity contribution in [1.29, 1.82) is 0 Å². The number of fused-ring (bicyclic) bond motifs is 1. The molecule has 9 heteroatoms. The zero-order valence-corrected chi connectivity index (χ0v) is 17.4. The molecule has 0 atom stereocenters. The summed E-state index contributed by atoms with van der Waals surface area (Å²) in [5.74, 6) is -1.13. The highest BCUT2D eigenvalue weighted by Crippen LogP contribution is 2.37. The summed E-state index contributed by atoms with van der Waals surface area (Å²) in [6.07, 6.45) is 1.67. The Morgan fingerprint density at radius 3 is 2.59 bits per heavy atom. The van der Waals surface area contributed by atoms with E-state index in [1.54, 1.807) is 40.9 Å². The quantitative estimate of drug-likeness (QED) is 0.585. The average Bonchev–Trinajstić information content (AvgIpc) is 3.47. The molecule has 168 valence electrons. The number of imidazole rings is 1. The van der Waals surface area contributed by atoms with Crippen LogP contribution >= 0.6 is 0 Å². The van der Waals surface area contributed by atoms with Crippen LogP contribution in [-0.2, 0) is 28.7 Å². The SMILES string of the molecule is CCN(Cc1cc(C(F)(F)F)ccc1-c1cc(CC(=O)O)cn2ccnc12)C(=O)C1CC1. The monoisotopic (exact) mass is 445 g/mol. The third kappa shape index (κ3) is 4.46. The van der Waals surface area contributed by atoms with Gasteiger partial charge in [0.15, 0.2) is 0 Å². The number of halogens is 3. The van der Waals surface area contributed by atoms with Crippen LogP contribution in [0.4, 0.5) is 13.2 Å². The van der Waals surface area contributed by atoms with Gasteiger partial charge in [-0.1, -0.05) is 6.07 Å². The van der Waals surface area contributed by atoms with Crippen LogP contribution in [-0.4, -0.2) is 37.8 Å². The minimum absolute atomic E-state index is 0.0289. The number of carbonyl (C=O) groups excluding carboxylic acids is 1. The molecule has 0 bridgehead atoms. The molecule has 32 heavy (non-hydrogen) atoms. The largest absolute Gasteiger partial charge is 0.481 e. The van der Waals surface area contributed by atoms with E-state index in [1.807, 2.05) is 0 Å². The number of aliphatic carboxylic acids is 1. The van der Waals surface area contributed by atoms with Gasteiger partial charge < -0.3 is 14.4 Å². The highest BCUT2D eigenvalue weighted by atomic mass is 19.4. The molecule has 0 radical (unpaired) electrons. The van der Waals surface area contributed by atoms with E-state index in [0.717, 1.165) is 25.0 Å². The number of aromatic nitrogens is 2. The first-order valence-electron chi connectivity index (χ1n) is 10.3. The number of carboxylic acid groups (broad SMARTS) is 1. The molecule has 0 spiro atoms. The summed E-state index contributed by atoms with van der Waals surface area (Å²) in [4.78, 5) is 29.8. The molecule has 0 aliphatic heterocycles. The Hall–Kier alpha value is -3.36. The number of benzene rings is 1. The van der Waals surface area contributed by atoms with Gasteiger partial charge in [0.25, 0.3) is 0 Å². The van der Waals surface area contributed by atoms with Gasteiger partial charge in [0.05, 0.1) is 12.0 Å². The normalized spacial score (nSPS) is 14.0. The molecule has 0 unspecified atom stereocenters. The molecular formula is C23H22F3N3O3. The number of pyridine rings is 1. The standard InChI is InChI=1S/C23H22F3N3O3/c1-2-28(22(32)15-3-4-15)13-16-11-17(23(24,25)26)5-6-18(16)19-9-14(10-20(30)31)12-29-8-7-27-21(19)29/h5-9,11-12,15H,2-4,10,13H2,1H3,(H,30,31). The van der Waals surface area contributed by atoms with Crippen LogP contribution in [0.15, 0.2) is 42.9 Å². The second-order valence-electron chi connectivity index (χ2n) is 7.99. The fraction of sp³-hybridized carbons (Fsp3) is 0.348. The van der Waals surface area contributed by atoms with Gasteiger partial charge in [-0.3, -0.25) is 9.59 Å². The fourth-order valence-corrected chi connectivity index (χ4v) is 3.86. The topological polar surface area (TPSA) is 74.9 Å². The van der Waals surface area contributed by atoms with Crippen molar-refractivity contribution in [3.63, 3.8) is 0 Å². The van der Waals surface area contributed by atoms with Gasteiger partial charge in [-0.2, -0.15) is 13.2 Å². The summed E-state index contributed by atoms with van der Waals surface area (Å²) in [6.45, 7) is 2.21. The molecule has 2 heterocycles. The number of hydrogen-bond donors (Lipinski definition) is 1. The minimum atomic E-state index is -4.53. The summed E-state index contributed by atoms with van der Waals surface area (Å²) >= 11 is 0. The number of carboxylic acids is 1. The molecule has 4 rings (SSSR count). The average molecular weight is 445 g/mol. The lowest BCUT2D eigenvalue weighted by molar-refractivity contribution is -0.138. The van der Waals surface area contributed by atoms with Crippen LogP contribution in [0.2, 0.25) is 0 Å². The first kappa shape index (κ1) is 21.9. The summed E-state index contributed by atoms with van der Waals surface area (Å²) in [6, 6.07) is 5.09. The van der Waals surface area contributed by atoms with E-state index < -0.39 is 17.7 Å². The van der Waals surface area contributed by atoms with Crippen LogP contribution in [0.5, 0.6) is 0 Å². The smallest absolute Gasteiger partial charge is 0.416 e. The van der Waals surface area contributed by atoms with Gasteiger partial charge in [0.1, 0.15) is 5.65 Å². The minimum Gasteiger partial charge on any atom is -0.481 e. The Labute approximate surface area is 182 Å². The summed E-state index contributed by atoms with van der Waals surface area (Å²) < 4.78 is 42.1. The highest BCUT2D eigenvalue weighted by Gasteiger charge is 2.34. The van der Waals surface area contributed by atoms with Gasteiger partial charge in [-0.05, 0) is 54.7 Å². The van der Waals surface area contributed by atoms with E-state index in [-0.39, 0.29) is 24.8 Å². The maximum atomic E-state index is 13.5. The Kier molecular flexibility index (Phi) is 5.66. The Balaban J connectivity index is 1.85. The first-order valence-corrected chi connectivity index (χ1v) is 10.3. The Morgan fingerprint density at radius 2 is 1.97 bits per heavy atom. The third-order valence-electron chi connectivity index (χ3n) is 5.60. The molecule has 1 saturated carbocycles. The van der Waals surface area contributed by atoms with Gasteiger partial charge in [0.2, 0.25) is 5.91 Å². The van der Waals surface area contributed by atoms with Crippen LogP contribution in [0, 0.1) is 5.92 Å². The third-order valence-corrected chi connectivity index (χ3v) is 5.60. The maximum absolute atomic E-state index is 13.5. The second-order valence-corrected chi connectivity index (χ2v) is 7.99. The van der Waals surface area contributed by atoms with E-state index in [2.05, 4.69) is 4.98 Å². The number of carbonyl (C=O) groups is 2. The Bertz CT molecular complexity index is 1180. The molecule has 1 fully saturated rings. The van der Waals surface area contributed by atoms with Gasteiger partial charge in [0, 0.05) is 43.2 Å². The molecule has 1 aliphatic carbocycles. The van der Waals surface area contributed by atoms with Crippen LogP contribution in [0.3, 0.4) is 0 Å². The van der Waals surface area contributed by atoms with Crippen molar-refractivity contribution in [2.24, 2.45) is 5.92 Å². The van der Waals surface area contributed by atoms with Crippen LogP contribution in [0.1, 0.15) is 36.5 Å². The first-order chi connectivity index (χ1) is 15.2. The summed E-state index contributed by atoms with van der Waals surface area (Å²) in [5.41, 5.74) is 1.54. The van der Waals surface area contributed by atoms with Gasteiger partial charge >= 0.3 is 12.1 Å². The molecule has 1 N–H and O–H groups in total. The lowest BCUT2D eigenvalue weighted by Crippen LogP contribution is -2.31. The van der Waals surface area contributed by atoms with Crippen molar-refractivity contribution < 1.29 is 27.9 Å². The Morgan fingerprint density at radius 1 is 1.22 bits per heavy atom. The summed E-state index contributed by atoms with van der Waals surface area (Å²) in [5, 5.41) is 9.21. The number of nitrogens with zero attached hydrogens (tertiary/aromatic N) is 3. The van der Waals surface area contributed by atoms with E-state index in [0.29, 0.717) is 34.4 Å². The van der Waals surface area contributed by atoms with Crippen LogP contribution in [0.25, 0.3) is 16.8 Å². The molecule has 2 aromatic heterocycles.